The van der Waals surface area contributed by atoms with Gasteiger partial charge in [0.2, 0.25) is 23.4 Å². The van der Waals surface area contributed by atoms with E-state index in [1.54, 1.807) is 19.9 Å². The number of anilines is 1. The van der Waals surface area contributed by atoms with Crippen LogP contribution in [0.25, 0.3) is 22.9 Å². The van der Waals surface area contributed by atoms with Crippen molar-refractivity contribution < 1.29 is 44.9 Å². The van der Waals surface area contributed by atoms with E-state index in [1.807, 2.05) is 0 Å². The fraction of sp³-hybridized carbons (Fsp3) is 0.407. The zero-order valence-electron chi connectivity index (χ0n) is 23.6. The van der Waals surface area contributed by atoms with Crippen LogP contribution in [0.4, 0.5) is 32.0 Å². The summed E-state index contributed by atoms with van der Waals surface area (Å²) < 4.78 is 90.5. The van der Waals surface area contributed by atoms with E-state index in [-0.39, 0.29) is 60.7 Å². The van der Waals surface area contributed by atoms with E-state index in [0.29, 0.717) is 28.3 Å². The summed E-state index contributed by atoms with van der Waals surface area (Å²) in [4.78, 5) is 26.5. The Hall–Kier alpha value is -3.99. The first-order valence-electron chi connectivity index (χ1n) is 13.3. The number of carbonyl (C=O) groups excluding carboxylic acids is 1. The van der Waals surface area contributed by atoms with Gasteiger partial charge in [-0.25, -0.2) is 4.39 Å². The monoisotopic (exact) mass is 644 g/mol. The second-order valence-electron chi connectivity index (χ2n) is 9.33. The normalized spacial score (nSPS) is 13.8. The molecule has 1 aromatic carbocycles. The molecule has 3 aromatic heterocycles. The predicted molar refractivity (Wildman–Crippen MR) is 145 cm³/mol. The molecule has 0 bridgehead atoms. The molecule has 17 heteroatoms. The fourth-order valence-electron chi connectivity index (χ4n) is 3.77. The number of hydrogen-bond donors (Lipinski definition) is 0. The van der Waals surface area contributed by atoms with Gasteiger partial charge in [0.25, 0.3) is 0 Å². The number of rotatable bonds is 8. The summed E-state index contributed by atoms with van der Waals surface area (Å²) in [6.45, 7) is 5.01. The Bertz CT molecular complexity index is 1580. The minimum absolute atomic E-state index is 0.0637. The molecule has 4 aromatic rings. The first-order valence-corrected chi connectivity index (χ1v) is 14.2. The number of benzene rings is 1. The molecule has 236 valence electrons. The SMILES string of the molecule is CCCOC(F)(F)CC.Cc1nc(-c2cc3c(cc2F)SCCC(=O)N3Cc2ccc(-c3noc(C(F)(F)F)n3)nc2)no1. The zero-order chi connectivity index (χ0) is 32.1. The highest BCUT2D eigenvalue weighted by atomic mass is 32.2. The van der Waals surface area contributed by atoms with Crippen LogP contribution < -0.4 is 4.90 Å². The number of hydrogen-bond acceptors (Lipinski definition) is 10. The third kappa shape index (κ3) is 8.13. The average molecular weight is 645 g/mol. The molecule has 0 saturated carbocycles. The van der Waals surface area contributed by atoms with Crippen LogP contribution >= 0.6 is 11.8 Å². The molecule has 1 aliphatic heterocycles. The van der Waals surface area contributed by atoms with Gasteiger partial charge in [-0.05, 0) is 30.2 Å². The highest BCUT2D eigenvalue weighted by Crippen LogP contribution is 2.39. The molecule has 0 radical (unpaired) electrons. The van der Waals surface area contributed by atoms with E-state index in [9.17, 15) is 31.1 Å². The van der Waals surface area contributed by atoms with Crippen LogP contribution in [0.5, 0.6) is 0 Å². The van der Waals surface area contributed by atoms with Crippen molar-refractivity contribution in [2.24, 2.45) is 0 Å². The van der Waals surface area contributed by atoms with Crippen molar-refractivity contribution in [3.63, 3.8) is 0 Å². The molecular formula is C27H26F6N6O4S. The number of nitrogens with zero attached hydrogens (tertiary/aromatic N) is 6. The summed E-state index contributed by atoms with van der Waals surface area (Å²) in [5.41, 5.74) is 1.23. The Balaban J connectivity index is 0.000000429. The summed E-state index contributed by atoms with van der Waals surface area (Å²) in [7, 11) is 0. The second-order valence-corrected chi connectivity index (χ2v) is 10.5. The number of thioether (sulfide) groups is 1. The van der Waals surface area contributed by atoms with Gasteiger partial charge in [-0.2, -0.15) is 31.9 Å². The Morgan fingerprint density at radius 1 is 1.05 bits per heavy atom. The number of aryl methyl sites for hydroxylation is 1. The van der Waals surface area contributed by atoms with Crippen LogP contribution in [-0.2, 0) is 22.3 Å². The number of fused-ring (bicyclic) bond motifs is 1. The Morgan fingerprint density at radius 2 is 1.80 bits per heavy atom. The van der Waals surface area contributed by atoms with E-state index in [2.05, 4.69) is 34.5 Å². The topological polar surface area (TPSA) is 120 Å². The minimum Gasteiger partial charge on any atom is -0.339 e. The van der Waals surface area contributed by atoms with E-state index < -0.39 is 24.0 Å². The predicted octanol–water partition coefficient (Wildman–Crippen LogP) is 7.09. The molecule has 4 heterocycles. The summed E-state index contributed by atoms with van der Waals surface area (Å²) in [6, 6.07) is 5.85. The lowest BCUT2D eigenvalue weighted by Crippen LogP contribution is -2.30. The van der Waals surface area contributed by atoms with Crippen molar-refractivity contribution in [1.82, 2.24) is 25.3 Å². The average Bonchev–Trinajstić information content (AvgIpc) is 3.63. The molecule has 44 heavy (non-hydrogen) atoms. The van der Waals surface area contributed by atoms with Crippen LogP contribution in [0.15, 0.2) is 44.4 Å². The standard InChI is InChI=1S/C21H14F4N6O3S.C6H12F2O/c1-10-27-18(29-33-10)12-6-15-16(7-13(12)22)35-5-4-17(32)31(15)9-11-2-3-14(26-8-11)19-28-20(34-30-19)21(23,24)25;1-3-5-9-6(7,8)4-2/h2-3,6-8H,4-5,9H2,1H3;3-5H2,1-2H3. The maximum atomic E-state index is 14.8. The lowest BCUT2D eigenvalue weighted by Gasteiger charge is -2.23. The molecule has 5 rings (SSSR count). The van der Waals surface area contributed by atoms with Gasteiger partial charge in [0, 0.05) is 36.6 Å². The molecule has 1 amide bonds. The van der Waals surface area contributed by atoms with Gasteiger partial charge in [-0.1, -0.05) is 30.2 Å². The zero-order valence-corrected chi connectivity index (χ0v) is 24.4. The summed E-state index contributed by atoms with van der Waals surface area (Å²) in [5.74, 6) is -1.71. The van der Waals surface area contributed by atoms with Crippen molar-refractivity contribution >= 4 is 23.4 Å². The minimum atomic E-state index is -4.76. The first-order chi connectivity index (χ1) is 20.8. The van der Waals surface area contributed by atoms with Crippen LogP contribution in [0, 0.1) is 12.7 Å². The van der Waals surface area contributed by atoms with Crippen molar-refractivity contribution in [2.45, 2.75) is 63.8 Å². The highest BCUT2D eigenvalue weighted by molar-refractivity contribution is 7.99. The number of aromatic nitrogens is 5. The molecule has 0 saturated heterocycles. The molecule has 0 fully saturated rings. The van der Waals surface area contributed by atoms with E-state index in [0.717, 1.165) is 0 Å². The molecule has 10 nitrogen and oxygen atoms in total. The van der Waals surface area contributed by atoms with E-state index >= 15 is 0 Å². The van der Waals surface area contributed by atoms with Gasteiger partial charge in [-0.15, -0.1) is 11.8 Å². The van der Waals surface area contributed by atoms with Crippen molar-refractivity contribution in [3.05, 3.63) is 53.6 Å². The Kier molecular flexibility index (Phi) is 10.3. The van der Waals surface area contributed by atoms with Crippen LogP contribution in [0.1, 0.15) is 50.5 Å². The van der Waals surface area contributed by atoms with Gasteiger partial charge in [0.1, 0.15) is 11.5 Å². The van der Waals surface area contributed by atoms with Gasteiger partial charge in [0.15, 0.2) is 0 Å². The number of alkyl halides is 5. The van der Waals surface area contributed by atoms with Crippen molar-refractivity contribution in [2.75, 3.05) is 17.3 Å². The van der Waals surface area contributed by atoms with Crippen molar-refractivity contribution in [1.29, 1.82) is 0 Å². The summed E-state index contributed by atoms with van der Waals surface area (Å²) in [5, 5.41) is 7.08. The molecule has 0 N–H and O–H groups in total. The summed E-state index contributed by atoms with van der Waals surface area (Å²) >= 11 is 1.35. The maximum absolute atomic E-state index is 14.8. The lowest BCUT2D eigenvalue weighted by atomic mass is 10.1. The van der Waals surface area contributed by atoms with E-state index in [4.69, 9.17) is 4.52 Å². The molecule has 1 aliphatic rings. The molecular weight excluding hydrogens is 618 g/mol. The van der Waals surface area contributed by atoms with Gasteiger partial charge >= 0.3 is 18.2 Å². The lowest BCUT2D eigenvalue weighted by molar-refractivity contribution is -0.239. The Labute approximate surface area is 251 Å². The number of ether oxygens (including phenoxy) is 1. The summed E-state index contributed by atoms with van der Waals surface area (Å²) in [6.07, 6.45) is -5.65. The maximum Gasteiger partial charge on any atom is 0.471 e. The molecule has 0 spiro atoms. The molecule has 0 aliphatic carbocycles. The van der Waals surface area contributed by atoms with Crippen LogP contribution in [0.3, 0.4) is 0 Å². The van der Waals surface area contributed by atoms with Gasteiger partial charge < -0.3 is 18.7 Å². The Morgan fingerprint density at radius 3 is 2.39 bits per heavy atom. The van der Waals surface area contributed by atoms with E-state index in [1.165, 1.54) is 48.0 Å². The first kappa shape index (κ1) is 32.9. The molecule has 0 atom stereocenters. The number of pyridine rings is 1. The second kappa shape index (κ2) is 13.8. The van der Waals surface area contributed by atoms with Gasteiger partial charge in [0.05, 0.1) is 24.4 Å². The highest BCUT2D eigenvalue weighted by Gasteiger charge is 2.38. The smallest absolute Gasteiger partial charge is 0.339 e. The quantitative estimate of drug-likeness (QED) is 0.184. The number of carbonyl (C=O) groups is 1. The van der Waals surface area contributed by atoms with Crippen LogP contribution in [-0.4, -0.2) is 49.6 Å². The number of amides is 1. The number of halogens is 6. The molecule has 0 unspecified atom stereocenters. The van der Waals surface area contributed by atoms with Gasteiger partial charge in [-0.3, -0.25) is 9.78 Å². The third-order valence-electron chi connectivity index (χ3n) is 5.97. The largest absolute Gasteiger partial charge is 0.471 e. The fourth-order valence-corrected chi connectivity index (χ4v) is 4.77. The third-order valence-corrected chi connectivity index (χ3v) is 7.02. The van der Waals surface area contributed by atoms with Crippen molar-refractivity contribution in [3.8, 4) is 22.9 Å². The van der Waals surface area contributed by atoms with Crippen LogP contribution in [0.2, 0.25) is 0 Å².